The fourth-order valence-electron chi connectivity index (χ4n) is 2.31. The van der Waals surface area contributed by atoms with E-state index in [4.69, 9.17) is 4.42 Å². The summed E-state index contributed by atoms with van der Waals surface area (Å²) in [6.45, 7) is 2.93. The second-order valence-corrected chi connectivity index (χ2v) is 6.01. The first-order valence-electron chi connectivity index (χ1n) is 6.28. The van der Waals surface area contributed by atoms with Crippen LogP contribution >= 0.6 is 31.9 Å². The lowest BCUT2D eigenvalue weighted by atomic mass is 10.2. The molecule has 0 aliphatic heterocycles. The Hall–Kier alpha value is -0.880. The number of aryl methyl sites for hydroxylation is 1. The van der Waals surface area contributed by atoms with Gasteiger partial charge in [-0.3, -0.25) is 0 Å². The zero-order valence-corrected chi connectivity index (χ0v) is 13.6. The van der Waals surface area contributed by atoms with E-state index in [0.717, 1.165) is 41.8 Å². The molecule has 19 heavy (non-hydrogen) atoms. The fraction of sp³-hybridized carbons (Fsp3) is 0.385. The van der Waals surface area contributed by atoms with Crippen LogP contribution in [0.3, 0.4) is 0 Å². The second-order valence-electron chi connectivity index (χ2n) is 4.44. The van der Waals surface area contributed by atoms with E-state index in [9.17, 15) is 0 Å². The standard InChI is InChI=1S/C13H13Br2N3O/c1-2-16-12-7-4-3-5-9(7)17-13(18-12)10-6-8(14)11(15)19-10/h6H,2-5H2,1H3,(H,16,17,18). The zero-order chi connectivity index (χ0) is 13.4. The van der Waals surface area contributed by atoms with Gasteiger partial charge >= 0.3 is 0 Å². The van der Waals surface area contributed by atoms with Crippen molar-refractivity contribution in [2.24, 2.45) is 0 Å². The van der Waals surface area contributed by atoms with Gasteiger partial charge in [-0.25, -0.2) is 9.97 Å². The molecular formula is C13H13Br2N3O. The minimum atomic E-state index is 0.642. The van der Waals surface area contributed by atoms with E-state index in [1.54, 1.807) is 0 Å². The number of halogens is 2. The van der Waals surface area contributed by atoms with Crippen molar-refractivity contribution in [1.29, 1.82) is 0 Å². The molecule has 0 atom stereocenters. The number of furan rings is 1. The first-order chi connectivity index (χ1) is 9.19. The molecule has 4 nitrogen and oxygen atoms in total. The summed E-state index contributed by atoms with van der Waals surface area (Å²) in [7, 11) is 0. The number of aromatic nitrogens is 2. The van der Waals surface area contributed by atoms with Gasteiger partial charge in [0.15, 0.2) is 16.3 Å². The normalized spacial score (nSPS) is 13.6. The monoisotopic (exact) mass is 385 g/mol. The Kier molecular flexibility index (Phi) is 3.62. The van der Waals surface area contributed by atoms with E-state index in [-0.39, 0.29) is 0 Å². The van der Waals surface area contributed by atoms with Crippen LogP contribution in [-0.2, 0) is 12.8 Å². The van der Waals surface area contributed by atoms with Gasteiger partial charge in [-0.15, -0.1) is 0 Å². The molecule has 0 aromatic carbocycles. The van der Waals surface area contributed by atoms with Gasteiger partial charge in [0.1, 0.15) is 5.82 Å². The van der Waals surface area contributed by atoms with Gasteiger partial charge in [0.25, 0.3) is 0 Å². The molecule has 0 bridgehead atoms. The third kappa shape index (κ3) is 2.43. The van der Waals surface area contributed by atoms with Crippen LogP contribution in [0.25, 0.3) is 11.6 Å². The van der Waals surface area contributed by atoms with E-state index < -0.39 is 0 Å². The molecule has 0 unspecified atom stereocenters. The van der Waals surface area contributed by atoms with Gasteiger partial charge in [-0.05, 0) is 58.0 Å². The van der Waals surface area contributed by atoms with Crippen LogP contribution in [0.5, 0.6) is 0 Å². The molecule has 100 valence electrons. The average Bonchev–Trinajstić information content (AvgIpc) is 2.97. The summed E-state index contributed by atoms with van der Waals surface area (Å²) in [6.07, 6.45) is 3.23. The molecule has 0 fully saturated rings. The van der Waals surface area contributed by atoms with Gasteiger partial charge in [0, 0.05) is 23.9 Å². The Morgan fingerprint density at radius 2 is 2.16 bits per heavy atom. The summed E-state index contributed by atoms with van der Waals surface area (Å²) in [4.78, 5) is 9.24. The predicted octanol–water partition coefficient (Wildman–Crippen LogP) is 4.18. The van der Waals surface area contributed by atoms with Gasteiger partial charge in [0.2, 0.25) is 0 Å². The van der Waals surface area contributed by atoms with Crippen molar-refractivity contribution in [3.63, 3.8) is 0 Å². The third-order valence-electron chi connectivity index (χ3n) is 3.14. The summed E-state index contributed by atoms with van der Waals surface area (Å²) >= 11 is 6.75. The van der Waals surface area contributed by atoms with E-state index in [0.29, 0.717) is 16.3 Å². The number of fused-ring (bicyclic) bond motifs is 1. The minimum absolute atomic E-state index is 0.642. The van der Waals surface area contributed by atoms with Gasteiger partial charge in [0.05, 0.1) is 4.47 Å². The van der Waals surface area contributed by atoms with Crippen LogP contribution < -0.4 is 5.32 Å². The second kappa shape index (κ2) is 5.25. The maximum atomic E-state index is 5.61. The van der Waals surface area contributed by atoms with Gasteiger partial charge in [-0.2, -0.15) is 0 Å². The Labute approximate surface area is 128 Å². The van der Waals surface area contributed by atoms with Crippen molar-refractivity contribution in [1.82, 2.24) is 9.97 Å². The largest absolute Gasteiger partial charge is 0.445 e. The predicted molar refractivity (Wildman–Crippen MR) is 81.3 cm³/mol. The lowest BCUT2D eigenvalue weighted by Crippen LogP contribution is -2.06. The molecule has 1 aliphatic rings. The topological polar surface area (TPSA) is 51.0 Å². The van der Waals surface area contributed by atoms with Crippen molar-refractivity contribution in [3.8, 4) is 11.6 Å². The van der Waals surface area contributed by atoms with E-state index >= 15 is 0 Å². The molecule has 2 heterocycles. The van der Waals surface area contributed by atoms with Crippen LogP contribution in [0, 0.1) is 0 Å². The summed E-state index contributed by atoms with van der Waals surface area (Å²) in [5.74, 6) is 2.26. The first kappa shape index (κ1) is 13.1. The minimum Gasteiger partial charge on any atom is -0.445 e. The Morgan fingerprint density at radius 1 is 1.32 bits per heavy atom. The highest BCUT2D eigenvalue weighted by molar-refractivity contribution is 9.13. The van der Waals surface area contributed by atoms with Crippen LogP contribution in [0.2, 0.25) is 0 Å². The molecule has 0 amide bonds. The van der Waals surface area contributed by atoms with Crippen molar-refractivity contribution >= 4 is 37.7 Å². The average molecular weight is 387 g/mol. The number of anilines is 1. The molecule has 3 rings (SSSR count). The maximum absolute atomic E-state index is 5.61. The number of nitrogens with one attached hydrogen (secondary N) is 1. The van der Waals surface area contributed by atoms with Crippen LogP contribution in [0.1, 0.15) is 24.6 Å². The molecule has 1 N–H and O–H groups in total. The first-order valence-corrected chi connectivity index (χ1v) is 7.86. The number of hydrogen-bond donors (Lipinski definition) is 1. The lowest BCUT2D eigenvalue weighted by Gasteiger charge is -2.09. The fourth-order valence-corrected chi connectivity index (χ4v) is 2.89. The third-order valence-corrected chi connectivity index (χ3v) is 4.85. The zero-order valence-electron chi connectivity index (χ0n) is 10.5. The maximum Gasteiger partial charge on any atom is 0.197 e. The molecular weight excluding hydrogens is 374 g/mol. The molecule has 0 saturated carbocycles. The number of rotatable bonds is 3. The molecule has 0 spiro atoms. The lowest BCUT2D eigenvalue weighted by molar-refractivity contribution is 0.549. The molecule has 2 aromatic heterocycles. The van der Waals surface area contributed by atoms with E-state index in [1.807, 2.05) is 6.07 Å². The molecule has 1 aliphatic carbocycles. The van der Waals surface area contributed by atoms with Crippen LogP contribution in [0.4, 0.5) is 5.82 Å². The summed E-state index contributed by atoms with van der Waals surface area (Å²) in [5.41, 5.74) is 2.40. The highest BCUT2D eigenvalue weighted by atomic mass is 79.9. The quantitative estimate of drug-likeness (QED) is 0.859. The van der Waals surface area contributed by atoms with E-state index in [1.165, 1.54) is 5.56 Å². The molecule has 2 aromatic rings. The SMILES string of the molecule is CCNc1nc(-c2cc(Br)c(Br)o2)nc2c1CCC2. The van der Waals surface area contributed by atoms with Crippen molar-refractivity contribution < 1.29 is 4.42 Å². The van der Waals surface area contributed by atoms with Crippen LogP contribution in [-0.4, -0.2) is 16.5 Å². The number of nitrogens with zero attached hydrogens (tertiary/aromatic N) is 2. The van der Waals surface area contributed by atoms with Crippen molar-refractivity contribution in [2.75, 3.05) is 11.9 Å². The molecule has 0 radical (unpaired) electrons. The highest BCUT2D eigenvalue weighted by Crippen LogP contribution is 2.34. The van der Waals surface area contributed by atoms with E-state index in [2.05, 4.69) is 54.1 Å². The smallest absolute Gasteiger partial charge is 0.197 e. The summed E-state index contributed by atoms with van der Waals surface area (Å²) in [6, 6.07) is 1.89. The van der Waals surface area contributed by atoms with Gasteiger partial charge in [-0.1, -0.05) is 0 Å². The Morgan fingerprint density at radius 3 is 2.84 bits per heavy atom. The Bertz CT molecular complexity index is 605. The molecule has 6 heteroatoms. The van der Waals surface area contributed by atoms with Crippen LogP contribution in [0.15, 0.2) is 19.6 Å². The van der Waals surface area contributed by atoms with Crippen molar-refractivity contribution in [2.45, 2.75) is 26.2 Å². The molecule has 0 saturated heterocycles. The number of hydrogen-bond acceptors (Lipinski definition) is 4. The Balaban J connectivity index is 2.09. The summed E-state index contributed by atoms with van der Waals surface area (Å²) in [5, 5.41) is 3.32. The summed E-state index contributed by atoms with van der Waals surface area (Å²) < 4.78 is 7.15. The van der Waals surface area contributed by atoms with Crippen molar-refractivity contribution in [3.05, 3.63) is 26.5 Å². The highest BCUT2D eigenvalue weighted by Gasteiger charge is 2.21. The van der Waals surface area contributed by atoms with Gasteiger partial charge < -0.3 is 9.73 Å².